The minimum atomic E-state index is -0.149. The van der Waals surface area contributed by atoms with Gasteiger partial charge in [-0.2, -0.15) is 10.2 Å². The Hall–Kier alpha value is -0.440. The standard InChI is InChI=1S/C7H16N2O/c1-4-7(2,5-6-10)9-8-3/h10H,4-6H2,1-3H3/b9-8-. The van der Waals surface area contributed by atoms with Crippen LogP contribution in [0.4, 0.5) is 0 Å². The van der Waals surface area contributed by atoms with Gasteiger partial charge in [-0.1, -0.05) is 6.92 Å². The van der Waals surface area contributed by atoms with E-state index in [1.165, 1.54) is 0 Å². The van der Waals surface area contributed by atoms with E-state index in [0.29, 0.717) is 6.42 Å². The van der Waals surface area contributed by atoms with Crippen molar-refractivity contribution in [3.63, 3.8) is 0 Å². The largest absolute Gasteiger partial charge is 0.396 e. The highest BCUT2D eigenvalue weighted by molar-refractivity contribution is 4.78. The molecule has 0 fully saturated rings. The lowest BCUT2D eigenvalue weighted by atomic mass is 9.97. The molecule has 0 aliphatic carbocycles. The average molecular weight is 144 g/mol. The number of aliphatic hydroxyl groups is 1. The third-order valence-electron chi connectivity index (χ3n) is 1.75. The van der Waals surface area contributed by atoms with E-state index < -0.39 is 0 Å². The molecule has 60 valence electrons. The van der Waals surface area contributed by atoms with E-state index in [0.717, 1.165) is 6.42 Å². The van der Waals surface area contributed by atoms with Crippen molar-refractivity contribution in [2.45, 2.75) is 32.2 Å². The first-order valence-corrected chi connectivity index (χ1v) is 3.60. The monoisotopic (exact) mass is 144 g/mol. The second-order valence-electron chi connectivity index (χ2n) is 2.62. The Bertz CT molecular complexity index is 114. The molecular formula is C7H16N2O. The first-order chi connectivity index (χ1) is 4.68. The summed E-state index contributed by atoms with van der Waals surface area (Å²) in [6.45, 7) is 4.23. The van der Waals surface area contributed by atoms with E-state index in [1.54, 1.807) is 7.05 Å². The first-order valence-electron chi connectivity index (χ1n) is 3.60. The molecule has 1 N–H and O–H groups in total. The van der Waals surface area contributed by atoms with Crippen molar-refractivity contribution in [2.24, 2.45) is 10.2 Å². The van der Waals surface area contributed by atoms with Crippen molar-refractivity contribution in [3.05, 3.63) is 0 Å². The topological polar surface area (TPSA) is 45.0 Å². The molecule has 0 aromatic rings. The van der Waals surface area contributed by atoms with Crippen LogP contribution in [0, 0.1) is 0 Å². The highest BCUT2D eigenvalue weighted by atomic mass is 16.3. The van der Waals surface area contributed by atoms with Gasteiger partial charge in [-0.15, -0.1) is 0 Å². The quantitative estimate of drug-likeness (QED) is 0.599. The Morgan fingerprint density at radius 3 is 2.40 bits per heavy atom. The summed E-state index contributed by atoms with van der Waals surface area (Å²) in [4.78, 5) is 0. The predicted octanol–water partition coefficient (Wildman–Crippen LogP) is 1.62. The smallest absolute Gasteiger partial charge is 0.0807 e. The van der Waals surface area contributed by atoms with Crippen LogP contribution in [0.5, 0.6) is 0 Å². The predicted molar refractivity (Wildman–Crippen MR) is 41.2 cm³/mol. The summed E-state index contributed by atoms with van der Waals surface area (Å²) >= 11 is 0. The minimum absolute atomic E-state index is 0.149. The van der Waals surface area contributed by atoms with Gasteiger partial charge in [-0.05, 0) is 19.8 Å². The summed E-state index contributed by atoms with van der Waals surface area (Å²) in [6.07, 6.45) is 1.62. The maximum Gasteiger partial charge on any atom is 0.0807 e. The second kappa shape index (κ2) is 4.39. The normalized spacial score (nSPS) is 17.6. The van der Waals surface area contributed by atoms with E-state index in [-0.39, 0.29) is 12.1 Å². The summed E-state index contributed by atoms with van der Waals surface area (Å²) in [7, 11) is 1.66. The van der Waals surface area contributed by atoms with Crippen molar-refractivity contribution in [1.29, 1.82) is 0 Å². The third-order valence-corrected chi connectivity index (χ3v) is 1.75. The molecule has 1 atom stereocenters. The molecule has 1 unspecified atom stereocenters. The maximum atomic E-state index is 8.66. The van der Waals surface area contributed by atoms with Gasteiger partial charge in [0.2, 0.25) is 0 Å². The van der Waals surface area contributed by atoms with Crippen LogP contribution in [-0.4, -0.2) is 24.3 Å². The Balaban J connectivity index is 3.94. The van der Waals surface area contributed by atoms with Crippen LogP contribution < -0.4 is 0 Å². The molecule has 0 amide bonds. The Labute approximate surface area is 62.2 Å². The van der Waals surface area contributed by atoms with E-state index in [4.69, 9.17) is 5.11 Å². The molecule has 0 rings (SSSR count). The van der Waals surface area contributed by atoms with E-state index >= 15 is 0 Å². The van der Waals surface area contributed by atoms with Crippen LogP contribution in [0.3, 0.4) is 0 Å². The molecule has 0 saturated carbocycles. The fourth-order valence-electron chi connectivity index (χ4n) is 0.780. The maximum absolute atomic E-state index is 8.66. The van der Waals surface area contributed by atoms with Gasteiger partial charge in [0, 0.05) is 13.7 Å². The molecule has 0 aliphatic rings. The van der Waals surface area contributed by atoms with Gasteiger partial charge < -0.3 is 5.11 Å². The fourth-order valence-corrected chi connectivity index (χ4v) is 0.780. The molecule has 0 radical (unpaired) electrons. The molecular weight excluding hydrogens is 128 g/mol. The van der Waals surface area contributed by atoms with Crippen LogP contribution in [-0.2, 0) is 0 Å². The lowest BCUT2D eigenvalue weighted by molar-refractivity contribution is 0.240. The lowest BCUT2D eigenvalue weighted by Gasteiger charge is -2.19. The van der Waals surface area contributed by atoms with Gasteiger partial charge >= 0.3 is 0 Å². The highest BCUT2D eigenvalue weighted by Crippen LogP contribution is 2.19. The molecule has 10 heavy (non-hydrogen) atoms. The molecule has 0 aromatic carbocycles. The summed E-state index contributed by atoms with van der Waals surface area (Å²) < 4.78 is 0. The van der Waals surface area contributed by atoms with Crippen LogP contribution in [0.2, 0.25) is 0 Å². The zero-order chi connectivity index (χ0) is 8.04. The number of hydrogen-bond donors (Lipinski definition) is 1. The molecule has 0 aliphatic heterocycles. The minimum Gasteiger partial charge on any atom is -0.396 e. The van der Waals surface area contributed by atoms with Crippen molar-refractivity contribution < 1.29 is 5.11 Å². The molecule has 0 saturated heterocycles. The zero-order valence-corrected chi connectivity index (χ0v) is 6.96. The zero-order valence-electron chi connectivity index (χ0n) is 6.96. The molecule has 0 spiro atoms. The Morgan fingerprint density at radius 2 is 2.10 bits per heavy atom. The first kappa shape index (κ1) is 9.56. The average Bonchev–Trinajstić information content (AvgIpc) is 1.89. The second-order valence-corrected chi connectivity index (χ2v) is 2.62. The van der Waals surface area contributed by atoms with Gasteiger partial charge in [-0.3, -0.25) is 0 Å². The van der Waals surface area contributed by atoms with Crippen molar-refractivity contribution in [3.8, 4) is 0 Å². The van der Waals surface area contributed by atoms with E-state index in [1.807, 2.05) is 13.8 Å². The number of aliphatic hydroxyl groups excluding tert-OH is 1. The van der Waals surface area contributed by atoms with E-state index in [2.05, 4.69) is 10.2 Å². The number of azo groups is 1. The summed E-state index contributed by atoms with van der Waals surface area (Å²) in [5, 5.41) is 16.4. The van der Waals surface area contributed by atoms with Crippen LogP contribution in [0.15, 0.2) is 10.2 Å². The SMILES string of the molecule is CCC(C)(CCO)/N=N\C. The van der Waals surface area contributed by atoms with E-state index in [9.17, 15) is 0 Å². The molecule has 0 aromatic heterocycles. The lowest BCUT2D eigenvalue weighted by Crippen LogP contribution is -2.21. The Morgan fingerprint density at radius 1 is 1.50 bits per heavy atom. The van der Waals surface area contributed by atoms with Gasteiger partial charge in [0.1, 0.15) is 0 Å². The van der Waals surface area contributed by atoms with Crippen LogP contribution in [0.25, 0.3) is 0 Å². The number of rotatable bonds is 4. The fraction of sp³-hybridized carbons (Fsp3) is 1.00. The summed E-state index contributed by atoms with van der Waals surface area (Å²) in [5.74, 6) is 0. The van der Waals surface area contributed by atoms with Crippen molar-refractivity contribution in [1.82, 2.24) is 0 Å². The van der Waals surface area contributed by atoms with Gasteiger partial charge in [0.05, 0.1) is 5.54 Å². The van der Waals surface area contributed by atoms with Crippen LogP contribution >= 0.6 is 0 Å². The molecule has 3 nitrogen and oxygen atoms in total. The van der Waals surface area contributed by atoms with Gasteiger partial charge in [0.15, 0.2) is 0 Å². The summed E-state index contributed by atoms with van der Waals surface area (Å²) in [5.41, 5.74) is -0.149. The number of hydrogen-bond acceptors (Lipinski definition) is 3. The highest BCUT2D eigenvalue weighted by Gasteiger charge is 2.19. The summed E-state index contributed by atoms with van der Waals surface area (Å²) in [6, 6.07) is 0. The van der Waals surface area contributed by atoms with Crippen LogP contribution in [0.1, 0.15) is 26.7 Å². The van der Waals surface area contributed by atoms with Crippen molar-refractivity contribution in [2.75, 3.05) is 13.7 Å². The third kappa shape index (κ3) is 2.92. The van der Waals surface area contributed by atoms with Gasteiger partial charge in [0.25, 0.3) is 0 Å². The van der Waals surface area contributed by atoms with Crippen molar-refractivity contribution >= 4 is 0 Å². The molecule has 0 heterocycles. The molecule has 0 bridgehead atoms. The Kier molecular flexibility index (Phi) is 4.19. The molecule has 3 heteroatoms. The van der Waals surface area contributed by atoms with Gasteiger partial charge in [-0.25, -0.2) is 0 Å². The number of nitrogens with zero attached hydrogens (tertiary/aromatic N) is 2.